The van der Waals surface area contributed by atoms with Gasteiger partial charge in [-0.25, -0.2) is 4.98 Å². The Balaban J connectivity index is 1.00. The maximum Gasteiger partial charge on any atom is 0.262 e. The average molecular weight is 741 g/mol. The van der Waals surface area contributed by atoms with Gasteiger partial charge in [0.1, 0.15) is 29.8 Å². The summed E-state index contributed by atoms with van der Waals surface area (Å²) in [5.74, 6) is -1.54. The topological polar surface area (TPSA) is 192 Å². The van der Waals surface area contributed by atoms with Crippen LogP contribution < -0.4 is 25.6 Å². The van der Waals surface area contributed by atoms with Crippen LogP contribution in [0.2, 0.25) is 0 Å². The molecule has 1 unspecified atom stereocenters. The number of rotatable bonds is 7. The Kier molecular flexibility index (Phi) is 8.36. The van der Waals surface area contributed by atoms with Crippen LogP contribution in [0.4, 0.5) is 11.5 Å². The van der Waals surface area contributed by atoms with Gasteiger partial charge in [0, 0.05) is 66.6 Å². The van der Waals surface area contributed by atoms with E-state index in [2.05, 4.69) is 53.9 Å². The lowest BCUT2D eigenvalue weighted by Gasteiger charge is -2.63. The highest BCUT2D eigenvalue weighted by atomic mass is 16.5. The lowest BCUT2D eigenvalue weighted by atomic mass is 9.44. The summed E-state index contributed by atoms with van der Waals surface area (Å²) in [5.41, 5.74) is 8.28. The molecule has 280 valence electrons. The molecular formula is C41H40N8O6. The standard InChI is InChI=1S/C41H40N8O6/c1-40(2)34(41(3,4)39(40)55-29-12-7-22(21-42)32-25(29)6-5-15-44-32)33-26(35(43)51)10-13-30(45-33)48-18-16-47(17-19-48)23-8-9-24-27(20-23)38(54)49(37(24)53)28-11-14-31(50)46-36(28)52/h5-10,12-13,15,20,28,34,39H,11,14,16-19H2,1-4H3,(H2,43,51)(H,46,50,52). The molecule has 55 heavy (non-hydrogen) atoms. The number of imide groups is 2. The molecule has 1 saturated carbocycles. The van der Waals surface area contributed by atoms with Crippen molar-refractivity contribution in [3.63, 3.8) is 0 Å². The number of amides is 5. The van der Waals surface area contributed by atoms with Crippen LogP contribution >= 0.6 is 0 Å². The number of hydrogen-bond acceptors (Lipinski definition) is 11. The molecule has 3 N–H and O–H groups in total. The Morgan fingerprint density at radius 2 is 1.64 bits per heavy atom. The normalized spacial score (nSPS) is 22.9. The Morgan fingerprint density at radius 1 is 0.927 bits per heavy atom. The van der Waals surface area contributed by atoms with Crippen LogP contribution in [-0.2, 0) is 9.59 Å². The van der Waals surface area contributed by atoms with Crippen LogP contribution in [0.3, 0.4) is 0 Å². The third-order valence-corrected chi connectivity index (χ3v) is 11.8. The molecule has 4 aliphatic rings. The summed E-state index contributed by atoms with van der Waals surface area (Å²) in [5, 5.41) is 12.6. The number of pyridine rings is 2. The van der Waals surface area contributed by atoms with E-state index in [4.69, 9.17) is 15.5 Å². The second-order valence-corrected chi connectivity index (χ2v) is 15.8. The van der Waals surface area contributed by atoms with Gasteiger partial charge in [-0.1, -0.05) is 27.7 Å². The number of anilines is 2. The van der Waals surface area contributed by atoms with Crippen molar-refractivity contribution < 1.29 is 28.7 Å². The zero-order valence-corrected chi connectivity index (χ0v) is 31.0. The third-order valence-electron chi connectivity index (χ3n) is 11.8. The minimum absolute atomic E-state index is 0.0572. The molecule has 2 aromatic heterocycles. The van der Waals surface area contributed by atoms with E-state index in [-0.39, 0.29) is 36.0 Å². The molecule has 0 radical (unpaired) electrons. The summed E-state index contributed by atoms with van der Waals surface area (Å²) in [7, 11) is 0. The fourth-order valence-electron chi connectivity index (χ4n) is 9.52. The summed E-state index contributed by atoms with van der Waals surface area (Å²) in [6, 6.07) is 17.1. The van der Waals surface area contributed by atoms with Crippen LogP contribution in [0.15, 0.2) is 60.8 Å². The van der Waals surface area contributed by atoms with Crippen molar-refractivity contribution in [3.8, 4) is 11.8 Å². The van der Waals surface area contributed by atoms with Gasteiger partial charge in [0.2, 0.25) is 11.8 Å². The van der Waals surface area contributed by atoms with Crippen LogP contribution in [0, 0.1) is 22.2 Å². The SMILES string of the molecule is CC1(C)C(Oc2ccc(C#N)c3ncccc23)C(C)(C)C1c1nc(N2CCN(c3ccc4c(c3)C(=O)N(C3CCC(=O)NC3=O)C4=O)CC2)ccc1C(N)=O. The molecule has 4 aromatic rings. The number of benzene rings is 2. The van der Waals surface area contributed by atoms with Gasteiger partial charge in [0.05, 0.1) is 33.5 Å². The fourth-order valence-corrected chi connectivity index (χ4v) is 9.52. The van der Waals surface area contributed by atoms with Gasteiger partial charge in [0.15, 0.2) is 0 Å². The van der Waals surface area contributed by atoms with Crippen molar-refractivity contribution in [2.24, 2.45) is 16.6 Å². The smallest absolute Gasteiger partial charge is 0.262 e. The number of hydrogen-bond donors (Lipinski definition) is 2. The van der Waals surface area contributed by atoms with E-state index in [1.807, 2.05) is 30.3 Å². The molecule has 1 aliphatic carbocycles. The molecule has 8 rings (SSSR count). The molecule has 3 fully saturated rings. The van der Waals surface area contributed by atoms with Gasteiger partial charge in [-0.3, -0.25) is 39.2 Å². The van der Waals surface area contributed by atoms with Crippen molar-refractivity contribution in [1.29, 1.82) is 5.26 Å². The molecule has 0 bridgehead atoms. The van der Waals surface area contributed by atoms with Gasteiger partial charge in [-0.2, -0.15) is 5.26 Å². The molecule has 2 saturated heterocycles. The quantitative estimate of drug-likeness (QED) is 0.261. The number of nitriles is 1. The minimum Gasteiger partial charge on any atom is -0.489 e. The van der Waals surface area contributed by atoms with Gasteiger partial charge >= 0.3 is 0 Å². The van der Waals surface area contributed by atoms with Crippen LogP contribution in [0.5, 0.6) is 5.75 Å². The number of piperidine rings is 1. The number of carbonyl (C=O) groups is 5. The maximum absolute atomic E-state index is 13.4. The molecule has 3 aliphatic heterocycles. The zero-order valence-electron chi connectivity index (χ0n) is 31.0. The highest BCUT2D eigenvalue weighted by molar-refractivity contribution is 6.23. The van der Waals surface area contributed by atoms with Gasteiger partial charge in [-0.15, -0.1) is 0 Å². The molecule has 14 nitrogen and oxygen atoms in total. The number of piperazine rings is 1. The average Bonchev–Trinajstić information content (AvgIpc) is 3.41. The first-order valence-corrected chi connectivity index (χ1v) is 18.3. The predicted octanol–water partition coefficient (Wildman–Crippen LogP) is 3.93. The molecule has 5 amide bonds. The van der Waals surface area contributed by atoms with E-state index >= 15 is 0 Å². The third kappa shape index (κ3) is 5.64. The van der Waals surface area contributed by atoms with Crippen molar-refractivity contribution in [2.45, 2.75) is 58.6 Å². The first-order valence-electron chi connectivity index (χ1n) is 18.3. The Bertz CT molecular complexity index is 2360. The number of nitrogens with zero attached hydrogens (tertiary/aromatic N) is 6. The zero-order chi connectivity index (χ0) is 39.0. The molecule has 2 aromatic carbocycles. The second-order valence-electron chi connectivity index (χ2n) is 15.8. The van der Waals surface area contributed by atoms with Crippen LogP contribution in [0.1, 0.15) is 88.8 Å². The number of fused-ring (bicyclic) bond motifs is 2. The molecular weight excluding hydrogens is 701 g/mol. The Hall–Kier alpha value is -6.36. The first-order chi connectivity index (χ1) is 26.2. The van der Waals surface area contributed by atoms with Crippen LogP contribution in [-0.4, -0.2) is 82.7 Å². The van der Waals surface area contributed by atoms with Crippen molar-refractivity contribution >= 4 is 51.9 Å². The van der Waals surface area contributed by atoms with Gasteiger partial charge in [0.25, 0.3) is 17.7 Å². The predicted molar refractivity (Wildman–Crippen MR) is 201 cm³/mol. The van der Waals surface area contributed by atoms with Gasteiger partial charge < -0.3 is 20.3 Å². The molecule has 14 heteroatoms. The molecule has 5 heterocycles. The minimum atomic E-state index is -1.02. The number of nitrogens with two attached hydrogens (primary N) is 1. The van der Waals surface area contributed by atoms with Crippen molar-refractivity contribution in [1.82, 2.24) is 20.2 Å². The van der Waals surface area contributed by atoms with Gasteiger partial charge in [-0.05, 0) is 61.0 Å². The molecule has 0 spiro atoms. The first kappa shape index (κ1) is 35.7. The number of primary amides is 1. The van der Waals surface area contributed by atoms with E-state index in [1.54, 1.807) is 30.5 Å². The number of ether oxygens (including phenoxy) is 1. The fraction of sp³-hybridized carbons (Fsp3) is 0.366. The largest absolute Gasteiger partial charge is 0.489 e. The van der Waals surface area contributed by atoms with E-state index in [0.29, 0.717) is 54.3 Å². The Labute approximate surface area is 317 Å². The summed E-state index contributed by atoms with van der Waals surface area (Å²) >= 11 is 0. The van der Waals surface area contributed by atoms with Crippen LogP contribution in [0.25, 0.3) is 10.9 Å². The lowest BCUT2D eigenvalue weighted by Crippen LogP contribution is -2.64. The summed E-state index contributed by atoms with van der Waals surface area (Å²) < 4.78 is 6.75. The summed E-state index contributed by atoms with van der Waals surface area (Å²) in [4.78, 5) is 78.4. The number of nitrogens with one attached hydrogen (secondary N) is 1. The number of aromatic nitrogens is 2. The number of carbonyl (C=O) groups excluding carboxylic acids is 5. The van der Waals surface area contributed by atoms with E-state index in [1.165, 1.54) is 0 Å². The summed E-state index contributed by atoms with van der Waals surface area (Å²) in [6.45, 7) is 10.8. The van der Waals surface area contributed by atoms with Crippen molar-refractivity contribution in [3.05, 3.63) is 88.7 Å². The van der Waals surface area contributed by atoms with E-state index in [9.17, 15) is 29.2 Å². The van der Waals surface area contributed by atoms with Crippen molar-refractivity contribution in [2.75, 3.05) is 36.0 Å². The highest BCUT2D eigenvalue weighted by Gasteiger charge is 2.65. The Morgan fingerprint density at radius 3 is 2.33 bits per heavy atom. The van der Waals surface area contributed by atoms with E-state index < -0.39 is 46.4 Å². The maximum atomic E-state index is 13.4. The van der Waals surface area contributed by atoms with E-state index in [0.717, 1.165) is 21.8 Å². The molecule has 1 atom stereocenters. The highest BCUT2D eigenvalue weighted by Crippen LogP contribution is 2.65. The lowest BCUT2D eigenvalue weighted by molar-refractivity contribution is -0.161. The summed E-state index contributed by atoms with van der Waals surface area (Å²) in [6.07, 6.45) is 1.53. The monoisotopic (exact) mass is 740 g/mol. The second kappa shape index (κ2) is 12.9.